The van der Waals surface area contributed by atoms with E-state index in [0.29, 0.717) is 5.69 Å². The van der Waals surface area contributed by atoms with Crippen molar-refractivity contribution in [3.8, 4) is 0 Å². The number of carboxylic acids is 1. The Morgan fingerprint density at radius 1 is 1.06 bits per heavy atom. The quantitative estimate of drug-likeness (QED) is 0.146. The number of nitrogens with one attached hydrogen (secondary N) is 4. The summed E-state index contributed by atoms with van der Waals surface area (Å²) in [6, 6.07) is -5.28. The van der Waals surface area contributed by atoms with Crippen LogP contribution < -0.4 is 27.4 Å². The Hall–Kier alpha value is -3.52. The molecule has 14 nitrogen and oxygen atoms in total. The van der Waals surface area contributed by atoms with Crippen molar-refractivity contribution in [1.29, 1.82) is 0 Å². The highest BCUT2D eigenvalue weighted by Crippen LogP contribution is 2.04. The molecule has 4 amide bonds. The number of aromatic amines is 1. The van der Waals surface area contributed by atoms with Crippen molar-refractivity contribution in [3.63, 3.8) is 0 Å². The number of hydrogen-bond donors (Lipinski definition) is 8. The SMILES string of the molecule is CC(C)C(NC(=O)C(CO)NC(=O)C(Cc1cnc[nH]1)NC(=O)C(N)CC(N)=O)C(=O)O. The van der Waals surface area contributed by atoms with Crippen LogP contribution in [0, 0.1) is 5.92 Å². The molecule has 1 heterocycles. The number of amides is 4. The normalized spacial score (nSPS) is 14.7. The number of H-pyrrole nitrogens is 1. The van der Waals surface area contributed by atoms with Crippen LogP contribution in [0.5, 0.6) is 0 Å². The lowest BCUT2D eigenvalue weighted by Gasteiger charge is -2.25. The zero-order valence-electron chi connectivity index (χ0n) is 17.7. The first kappa shape index (κ1) is 26.5. The number of carboxylic acid groups (broad SMARTS) is 1. The van der Waals surface area contributed by atoms with Crippen molar-refractivity contribution in [1.82, 2.24) is 25.9 Å². The number of aliphatic hydroxyl groups is 1. The fourth-order valence-electron chi connectivity index (χ4n) is 2.65. The van der Waals surface area contributed by atoms with Crippen LogP contribution in [0.25, 0.3) is 0 Å². The monoisotopic (exact) mass is 455 g/mol. The Morgan fingerprint density at radius 3 is 2.12 bits per heavy atom. The van der Waals surface area contributed by atoms with Gasteiger partial charge in [0.1, 0.15) is 18.1 Å². The molecule has 14 heteroatoms. The van der Waals surface area contributed by atoms with Crippen LogP contribution in [-0.2, 0) is 30.4 Å². The van der Waals surface area contributed by atoms with Crippen LogP contribution in [0.4, 0.5) is 0 Å². The van der Waals surface area contributed by atoms with Gasteiger partial charge in [-0.25, -0.2) is 9.78 Å². The molecule has 0 saturated carbocycles. The highest BCUT2D eigenvalue weighted by Gasteiger charge is 2.31. The van der Waals surface area contributed by atoms with E-state index in [4.69, 9.17) is 11.5 Å². The maximum atomic E-state index is 12.8. The number of primary amides is 1. The molecule has 1 aromatic rings. The first-order valence-electron chi connectivity index (χ1n) is 9.72. The lowest BCUT2D eigenvalue weighted by Crippen LogP contribution is -2.59. The number of carbonyl (C=O) groups excluding carboxylic acids is 4. The smallest absolute Gasteiger partial charge is 0.326 e. The van der Waals surface area contributed by atoms with Crippen molar-refractivity contribution in [2.75, 3.05) is 6.61 Å². The second kappa shape index (κ2) is 12.4. The summed E-state index contributed by atoms with van der Waals surface area (Å²) in [5, 5.41) is 25.6. The summed E-state index contributed by atoms with van der Waals surface area (Å²) in [7, 11) is 0. The fourth-order valence-corrected chi connectivity index (χ4v) is 2.65. The lowest BCUT2D eigenvalue weighted by atomic mass is 10.0. The molecular formula is C18H29N7O7. The average molecular weight is 455 g/mol. The molecule has 178 valence electrons. The number of aromatic nitrogens is 2. The zero-order valence-corrected chi connectivity index (χ0v) is 17.7. The van der Waals surface area contributed by atoms with E-state index in [-0.39, 0.29) is 6.42 Å². The van der Waals surface area contributed by atoms with Gasteiger partial charge in [0.15, 0.2) is 0 Å². The Kier molecular flexibility index (Phi) is 10.2. The van der Waals surface area contributed by atoms with E-state index in [0.717, 1.165) is 0 Å². The minimum Gasteiger partial charge on any atom is -0.480 e. The highest BCUT2D eigenvalue weighted by molar-refractivity contribution is 5.95. The van der Waals surface area contributed by atoms with Crippen molar-refractivity contribution in [2.45, 2.75) is 50.9 Å². The summed E-state index contributed by atoms with van der Waals surface area (Å²) < 4.78 is 0. The predicted octanol–water partition coefficient (Wildman–Crippen LogP) is -3.66. The number of rotatable bonds is 13. The first-order chi connectivity index (χ1) is 15.0. The topological polar surface area (TPSA) is 243 Å². The van der Waals surface area contributed by atoms with Gasteiger partial charge in [-0.1, -0.05) is 13.8 Å². The highest BCUT2D eigenvalue weighted by atomic mass is 16.4. The fraction of sp³-hybridized carbons (Fsp3) is 0.556. The van der Waals surface area contributed by atoms with Gasteiger partial charge >= 0.3 is 5.97 Å². The molecule has 0 aliphatic heterocycles. The third kappa shape index (κ3) is 8.31. The molecule has 0 aliphatic carbocycles. The van der Waals surface area contributed by atoms with Crippen LogP contribution in [0.1, 0.15) is 26.0 Å². The number of carbonyl (C=O) groups is 5. The van der Waals surface area contributed by atoms with Gasteiger partial charge in [0.25, 0.3) is 0 Å². The number of nitrogens with two attached hydrogens (primary N) is 2. The molecule has 0 spiro atoms. The molecule has 1 rings (SSSR count). The molecule has 0 radical (unpaired) electrons. The van der Waals surface area contributed by atoms with Gasteiger partial charge in [0.05, 0.1) is 25.4 Å². The van der Waals surface area contributed by atoms with Crippen molar-refractivity contribution >= 4 is 29.6 Å². The van der Waals surface area contributed by atoms with Gasteiger partial charge in [-0.3, -0.25) is 19.2 Å². The van der Waals surface area contributed by atoms with E-state index < -0.39 is 72.7 Å². The third-order valence-electron chi connectivity index (χ3n) is 4.42. The summed E-state index contributed by atoms with van der Waals surface area (Å²) in [5.74, 6) is -5.14. The Balaban J connectivity index is 2.94. The summed E-state index contributed by atoms with van der Waals surface area (Å²) in [6.07, 6.45) is 2.24. The van der Waals surface area contributed by atoms with Gasteiger partial charge in [-0.15, -0.1) is 0 Å². The summed E-state index contributed by atoms with van der Waals surface area (Å²) in [5.41, 5.74) is 11.1. The molecule has 32 heavy (non-hydrogen) atoms. The summed E-state index contributed by atoms with van der Waals surface area (Å²) >= 11 is 0. The number of aliphatic hydroxyl groups excluding tert-OH is 1. The molecule has 4 unspecified atom stereocenters. The Labute approximate surface area is 183 Å². The molecule has 0 bridgehead atoms. The van der Waals surface area contributed by atoms with Gasteiger partial charge < -0.3 is 42.6 Å². The van der Waals surface area contributed by atoms with Crippen LogP contribution >= 0.6 is 0 Å². The van der Waals surface area contributed by atoms with E-state index in [1.165, 1.54) is 12.5 Å². The maximum Gasteiger partial charge on any atom is 0.326 e. The summed E-state index contributed by atoms with van der Waals surface area (Å²) in [4.78, 5) is 66.3. The van der Waals surface area contributed by atoms with Crippen LogP contribution in [0.3, 0.4) is 0 Å². The van der Waals surface area contributed by atoms with E-state index in [1.807, 2.05) is 0 Å². The molecule has 1 aromatic heterocycles. The van der Waals surface area contributed by atoms with Gasteiger partial charge in [-0.2, -0.15) is 0 Å². The second-order valence-corrected chi connectivity index (χ2v) is 7.43. The number of nitrogens with zero attached hydrogens (tertiary/aromatic N) is 1. The van der Waals surface area contributed by atoms with Crippen molar-refractivity contribution in [2.24, 2.45) is 17.4 Å². The van der Waals surface area contributed by atoms with Gasteiger partial charge in [0, 0.05) is 18.3 Å². The standard InChI is InChI=1S/C18H29N7O7/c1-8(2)14(18(31)32)25-17(30)12(6-26)24-16(29)11(3-9-5-21-7-22-9)23-15(28)10(19)4-13(20)27/h5,7-8,10-12,14,26H,3-4,6,19H2,1-2H3,(H2,20,27)(H,21,22)(H,23,28)(H,24,29)(H,25,30)(H,31,32). The molecular weight excluding hydrogens is 426 g/mol. The molecule has 10 N–H and O–H groups in total. The molecule has 0 saturated heterocycles. The van der Waals surface area contributed by atoms with Gasteiger partial charge in [-0.05, 0) is 5.92 Å². The number of hydrogen-bond acceptors (Lipinski definition) is 8. The van der Waals surface area contributed by atoms with Crippen molar-refractivity contribution < 1.29 is 34.2 Å². The molecule has 4 atom stereocenters. The van der Waals surface area contributed by atoms with Crippen LogP contribution in [-0.4, -0.2) is 80.6 Å². The minimum absolute atomic E-state index is 0.0790. The number of aliphatic carboxylic acids is 1. The molecule has 0 aromatic carbocycles. The van der Waals surface area contributed by atoms with Crippen LogP contribution in [0.2, 0.25) is 0 Å². The Morgan fingerprint density at radius 2 is 1.66 bits per heavy atom. The first-order valence-corrected chi connectivity index (χ1v) is 9.72. The minimum atomic E-state index is -1.48. The van der Waals surface area contributed by atoms with Gasteiger partial charge in [0.2, 0.25) is 23.6 Å². The molecule has 0 fully saturated rings. The lowest BCUT2D eigenvalue weighted by molar-refractivity contribution is -0.143. The number of imidazole rings is 1. The van der Waals surface area contributed by atoms with E-state index in [1.54, 1.807) is 13.8 Å². The molecule has 0 aliphatic rings. The summed E-state index contributed by atoms with van der Waals surface area (Å²) in [6.45, 7) is 2.34. The largest absolute Gasteiger partial charge is 0.480 e. The van der Waals surface area contributed by atoms with E-state index in [2.05, 4.69) is 25.9 Å². The van der Waals surface area contributed by atoms with E-state index >= 15 is 0 Å². The predicted molar refractivity (Wildman–Crippen MR) is 109 cm³/mol. The van der Waals surface area contributed by atoms with E-state index in [9.17, 15) is 34.2 Å². The third-order valence-corrected chi connectivity index (χ3v) is 4.42. The maximum absolute atomic E-state index is 12.8. The van der Waals surface area contributed by atoms with Crippen molar-refractivity contribution in [3.05, 3.63) is 18.2 Å². The van der Waals surface area contributed by atoms with Crippen LogP contribution in [0.15, 0.2) is 12.5 Å². The zero-order chi connectivity index (χ0) is 24.4. The second-order valence-electron chi connectivity index (χ2n) is 7.43. The Bertz CT molecular complexity index is 813. The average Bonchev–Trinajstić information content (AvgIpc) is 3.21.